The van der Waals surface area contributed by atoms with Crippen molar-refractivity contribution in [3.63, 3.8) is 0 Å². The maximum atomic E-state index is 13.1. The molecule has 1 aliphatic carbocycles. The lowest BCUT2D eigenvalue weighted by Crippen LogP contribution is -2.25. The van der Waals surface area contributed by atoms with E-state index in [9.17, 15) is 9.59 Å². The molecule has 4 aromatic rings. The largest absolute Gasteiger partial charge is 0.349 e. The lowest BCUT2D eigenvalue weighted by atomic mass is 10.0. The van der Waals surface area contributed by atoms with Gasteiger partial charge in [0.05, 0.1) is 16.8 Å². The first kappa shape index (κ1) is 19.9. The molecular formula is C26H22N4O2. The molecule has 0 radical (unpaired) electrons. The summed E-state index contributed by atoms with van der Waals surface area (Å²) >= 11 is 0. The van der Waals surface area contributed by atoms with Gasteiger partial charge in [0.1, 0.15) is 0 Å². The van der Waals surface area contributed by atoms with E-state index in [1.54, 1.807) is 24.5 Å². The molecule has 1 fully saturated rings. The third-order valence-corrected chi connectivity index (χ3v) is 5.52. The molecule has 6 heteroatoms. The van der Waals surface area contributed by atoms with Gasteiger partial charge >= 0.3 is 0 Å². The van der Waals surface area contributed by atoms with E-state index in [1.165, 1.54) is 0 Å². The maximum Gasteiger partial charge on any atom is 0.252 e. The number of hydrogen-bond acceptors (Lipinski definition) is 4. The van der Waals surface area contributed by atoms with Crippen LogP contribution in [0.3, 0.4) is 0 Å². The van der Waals surface area contributed by atoms with Crippen LogP contribution in [0.1, 0.15) is 39.1 Å². The zero-order valence-corrected chi connectivity index (χ0v) is 17.4. The molecule has 0 spiro atoms. The molecule has 1 saturated carbocycles. The second-order valence-corrected chi connectivity index (χ2v) is 7.94. The molecule has 2 aromatic carbocycles. The number of pyridine rings is 2. The average molecular weight is 422 g/mol. The van der Waals surface area contributed by atoms with E-state index in [4.69, 9.17) is 4.98 Å². The number of rotatable bonds is 6. The van der Waals surface area contributed by atoms with Crippen LogP contribution in [-0.2, 0) is 6.54 Å². The van der Waals surface area contributed by atoms with Crippen LogP contribution in [0.2, 0.25) is 0 Å². The Morgan fingerprint density at radius 1 is 0.906 bits per heavy atom. The summed E-state index contributed by atoms with van der Waals surface area (Å²) in [6.07, 6.45) is 5.53. The highest BCUT2D eigenvalue weighted by atomic mass is 16.2. The molecule has 2 aromatic heterocycles. The summed E-state index contributed by atoms with van der Waals surface area (Å²) in [7, 11) is 0. The Bertz CT molecular complexity index is 1280. The topological polar surface area (TPSA) is 84.0 Å². The normalized spacial score (nSPS) is 13.0. The van der Waals surface area contributed by atoms with Crippen molar-refractivity contribution >= 4 is 22.7 Å². The molecule has 0 bridgehead atoms. The number of hydrogen-bond donors (Lipinski definition) is 2. The van der Waals surface area contributed by atoms with Crippen LogP contribution in [0.4, 0.5) is 0 Å². The fourth-order valence-electron chi connectivity index (χ4n) is 3.58. The number of aromatic nitrogens is 2. The van der Waals surface area contributed by atoms with Gasteiger partial charge in [-0.3, -0.25) is 14.6 Å². The van der Waals surface area contributed by atoms with Gasteiger partial charge in [0, 0.05) is 41.5 Å². The van der Waals surface area contributed by atoms with Gasteiger partial charge in [0.15, 0.2) is 0 Å². The molecule has 6 nitrogen and oxygen atoms in total. The summed E-state index contributed by atoms with van der Waals surface area (Å²) in [4.78, 5) is 34.0. The Labute approximate surface area is 185 Å². The van der Waals surface area contributed by atoms with Crippen molar-refractivity contribution in [2.24, 2.45) is 0 Å². The van der Waals surface area contributed by atoms with Gasteiger partial charge in [0.2, 0.25) is 0 Å². The third kappa shape index (κ3) is 4.34. The fraction of sp³-hybridized carbons (Fsp3) is 0.154. The van der Waals surface area contributed by atoms with Crippen molar-refractivity contribution in [3.8, 4) is 11.3 Å². The second kappa shape index (κ2) is 8.59. The molecule has 158 valence electrons. The predicted molar refractivity (Wildman–Crippen MR) is 123 cm³/mol. The Hall–Kier alpha value is -4.06. The van der Waals surface area contributed by atoms with Crippen LogP contribution in [-0.4, -0.2) is 27.8 Å². The Morgan fingerprint density at radius 2 is 1.66 bits per heavy atom. The average Bonchev–Trinajstić information content (AvgIpc) is 3.66. The first-order valence-electron chi connectivity index (χ1n) is 10.7. The van der Waals surface area contributed by atoms with Crippen LogP contribution in [0.25, 0.3) is 22.2 Å². The van der Waals surface area contributed by atoms with Gasteiger partial charge in [0.25, 0.3) is 11.8 Å². The fourth-order valence-corrected chi connectivity index (χ4v) is 3.58. The van der Waals surface area contributed by atoms with Crippen molar-refractivity contribution < 1.29 is 9.59 Å². The SMILES string of the molecule is O=C(NC1CC1)c1ccc(CNC(=O)c2cc(-c3ccncc3)nc3ccccc23)cc1. The number of amides is 2. The minimum Gasteiger partial charge on any atom is -0.349 e. The van der Waals surface area contributed by atoms with Crippen molar-refractivity contribution in [2.45, 2.75) is 25.4 Å². The molecule has 2 heterocycles. The minimum atomic E-state index is -0.172. The van der Waals surface area contributed by atoms with Gasteiger partial charge in [-0.05, 0) is 54.8 Å². The minimum absolute atomic E-state index is 0.0463. The second-order valence-electron chi connectivity index (χ2n) is 7.94. The molecule has 1 aliphatic rings. The molecule has 2 amide bonds. The number of carbonyl (C=O) groups is 2. The van der Waals surface area contributed by atoms with Gasteiger partial charge in [-0.2, -0.15) is 0 Å². The first-order chi connectivity index (χ1) is 15.7. The summed E-state index contributed by atoms with van der Waals surface area (Å²) in [5.74, 6) is -0.218. The molecule has 2 N–H and O–H groups in total. The van der Waals surface area contributed by atoms with Crippen molar-refractivity contribution in [3.05, 3.63) is 95.8 Å². The van der Waals surface area contributed by atoms with Crippen molar-refractivity contribution in [1.82, 2.24) is 20.6 Å². The smallest absolute Gasteiger partial charge is 0.252 e. The maximum absolute atomic E-state index is 13.1. The lowest BCUT2D eigenvalue weighted by Gasteiger charge is -2.11. The van der Waals surface area contributed by atoms with E-state index < -0.39 is 0 Å². The van der Waals surface area contributed by atoms with E-state index in [-0.39, 0.29) is 11.8 Å². The van der Waals surface area contributed by atoms with Crippen molar-refractivity contribution in [1.29, 1.82) is 0 Å². The number of para-hydroxylation sites is 1. The summed E-state index contributed by atoms with van der Waals surface area (Å²) in [6, 6.07) is 20.8. The van der Waals surface area contributed by atoms with Crippen LogP contribution < -0.4 is 10.6 Å². The first-order valence-corrected chi connectivity index (χ1v) is 10.7. The third-order valence-electron chi connectivity index (χ3n) is 5.52. The highest BCUT2D eigenvalue weighted by Gasteiger charge is 2.23. The number of carbonyl (C=O) groups excluding carboxylic acids is 2. The molecule has 0 saturated heterocycles. The van der Waals surface area contributed by atoms with E-state index in [0.717, 1.165) is 40.6 Å². The summed E-state index contributed by atoms with van der Waals surface area (Å²) < 4.78 is 0. The van der Waals surface area contributed by atoms with Crippen LogP contribution >= 0.6 is 0 Å². The molecule has 0 aliphatic heterocycles. The zero-order chi connectivity index (χ0) is 21.9. The molecular weight excluding hydrogens is 400 g/mol. The Morgan fingerprint density at radius 3 is 2.41 bits per heavy atom. The van der Waals surface area contributed by atoms with E-state index in [1.807, 2.05) is 54.6 Å². The number of nitrogens with one attached hydrogen (secondary N) is 2. The van der Waals surface area contributed by atoms with Crippen LogP contribution in [0.15, 0.2) is 79.1 Å². The lowest BCUT2D eigenvalue weighted by molar-refractivity contribution is 0.0942. The summed E-state index contributed by atoms with van der Waals surface area (Å²) in [6.45, 7) is 0.366. The van der Waals surface area contributed by atoms with E-state index in [2.05, 4.69) is 15.6 Å². The number of fused-ring (bicyclic) bond motifs is 1. The standard InChI is InChI=1S/C26H22N4O2/c31-25(29-20-9-10-20)19-7-5-17(6-8-19)16-28-26(32)22-15-24(18-11-13-27-14-12-18)30-23-4-2-1-3-21(22)23/h1-8,11-15,20H,9-10,16H2,(H,28,32)(H,29,31). The van der Waals surface area contributed by atoms with Gasteiger partial charge in [-0.25, -0.2) is 4.98 Å². The Kier molecular flexibility index (Phi) is 5.34. The predicted octanol–water partition coefficient (Wildman–Crippen LogP) is 4.12. The highest BCUT2D eigenvalue weighted by Crippen LogP contribution is 2.24. The van der Waals surface area contributed by atoms with Crippen LogP contribution in [0.5, 0.6) is 0 Å². The van der Waals surface area contributed by atoms with Gasteiger partial charge in [-0.15, -0.1) is 0 Å². The highest BCUT2D eigenvalue weighted by molar-refractivity contribution is 6.07. The number of benzene rings is 2. The molecule has 0 unspecified atom stereocenters. The number of nitrogens with zero attached hydrogens (tertiary/aromatic N) is 2. The Balaban J connectivity index is 1.35. The van der Waals surface area contributed by atoms with Crippen LogP contribution in [0, 0.1) is 0 Å². The summed E-state index contributed by atoms with van der Waals surface area (Å²) in [5, 5.41) is 6.78. The van der Waals surface area contributed by atoms with E-state index >= 15 is 0 Å². The molecule has 5 rings (SSSR count). The monoisotopic (exact) mass is 422 g/mol. The van der Waals surface area contributed by atoms with Gasteiger partial charge < -0.3 is 10.6 Å². The molecule has 0 atom stereocenters. The van der Waals surface area contributed by atoms with Crippen molar-refractivity contribution in [2.75, 3.05) is 0 Å². The van der Waals surface area contributed by atoms with E-state index in [0.29, 0.717) is 23.7 Å². The summed E-state index contributed by atoms with van der Waals surface area (Å²) in [5.41, 5.74) is 4.52. The quantitative estimate of drug-likeness (QED) is 0.490. The van der Waals surface area contributed by atoms with Gasteiger partial charge in [-0.1, -0.05) is 30.3 Å². The zero-order valence-electron chi connectivity index (χ0n) is 17.4. The molecule has 32 heavy (non-hydrogen) atoms.